The fourth-order valence-electron chi connectivity index (χ4n) is 1.89. The summed E-state index contributed by atoms with van der Waals surface area (Å²) in [6, 6.07) is -1.54. The summed E-state index contributed by atoms with van der Waals surface area (Å²) < 4.78 is 9.87. The first-order valence-electron chi connectivity index (χ1n) is 5.92. The number of carbonyl (C=O) groups is 2. The lowest BCUT2D eigenvalue weighted by molar-refractivity contribution is -0.146. The standard InChI is InChI=1S/C11H18N4O4/c1-11(2,3)19-10(17)15-6-5-7(13-14-12)8(15)9(16)18-4/h7-8H,5-6H2,1-4H3/t7-,8+/m1/s1. The molecule has 0 aromatic heterocycles. The smallest absolute Gasteiger partial charge is 0.411 e. The normalized spacial score (nSPS) is 22.6. The number of rotatable bonds is 2. The first-order chi connectivity index (χ1) is 8.80. The molecule has 1 aliphatic rings. The maximum absolute atomic E-state index is 12.0. The van der Waals surface area contributed by atoms with Crippen LogP contribution in [0.1, 0.15) is 27.2 Å². The summed E-state index contributed by atoms with van der Waals surface area (Å²) in [6.07, 6.45) is -0.207. The van der Waals surface area contributed by atoms with Gasteiger partial charge in [0.25, 0.3) is 0 Å². The first kappa shape index (κ1) is 15.1. The van der Waals surface area contributed by atoms with Gasteiger partial charge in [-0.15, -0.1) is 0 Å². The molecule has 1 aliphatic heterocycles. The Morgan fingerprint density at radius 2 is 2.05 bits per heavy atom. The van der Waals surface area contributed by atoms with Crippen LogP contribution in [-0.2, 0) is 14.3 Å². The van der Waals surface area contributed by atoms with Gasteiger partial charge < -0.3 is 9.47 Å². The second-order valence-electron chi connectivity index (χ2n) is 5.20. The lowest BCUT2D eigenvalue weighted by atomic mass is 10.1. The largest absolute Gasteiger partial charge is 0.467 e. The molecule has 0 N–H and O–H groups in total. The highest BCUT2D eigenvalue weighted by Crippen LogP contribution is 2.24. The van der Waals surface area contributed by atoms with Gasteiger partial charge in [0.15, 0.2) is 0 Å². The average Bonchev–Trinajstić information content (AvgIpc) is 2.70. The molecule has 1 heterocycles. The molecule has 2 atom stereocenters. The summed E-state index contributed by atoms with van der Waals surface area (Å²) in [5.74, 6) is -0.610. The fourth-order valence-corrected chi connectivity index (χ4v) is 1.89. The van der Waals surface area contributed by atoms with Crippen LogP contribution in [-0.4, -0.2) is 48.3 Å². The van der Waals surface area contributed by atoms with Crippen LogP contribution in [0.5, 0.6) is 0 Å². The number of azide groups is 1. The Hall–Kier alpha value is -1.95. The van der Waals surface area contributed by atoms with Crippen LogP contribution in [0.2, 0.25) is 0 Å². The Labute approximate surface area is 111 Å². The van der Waals surface area contributed by atoms with E-state index >= 15 is 0 Å². The highest BCUT2D eigenvalue weighted by molar-refractivity contribution is 5.83. The van der Waals surface area contributed by atoms with E-state index in [4.69, 9.17) is 10.3 Å². The molecule has 0 unspecified atom stereocenters. The zero-order valence-electron chi connectivity index (χ0n) is 11.5. The van der Waals surface area contributed by atoms with Crippen molar-refractivity contribution in [3.63, 3.8) is 0 Å². The molecule has 0 aliphatic carbocycles. The number of hydrogen-bond donors (Lipinski definition) is 0. The summed E-state index contributed by atoms with van der Waals surface area (Å²) in [7, 11) is 1.22. The van der Waals surface area contributed by atoms with Crippen molar-refractivity contribution in [3.8, 4) is 0 Å². The molecule has 0 radical (unpaired) electrons. The maximum atomic E-state index is 12.0. The van der Waals surface area contributed by atoms with Crippen LogP contribution in [0.15, 0.2) is 5.11 Å². The summed E-state index contributed by atoms with van der Waals surface area (Å²) in [5.41, 5.74) is 7.82. The lowest BCUT2D eigenvalue weighted by Gasteiger charge is -2.28. The Morgan fingerprint density at radius 3 is 2.53 bits per heavy atom. The van der Waals surface area contributed by atoms with Gasteiger partial charge in [0.1, 0.15) is 11.6 Å². The number of nitrogens with zero attached hydrogens (tertiary/aromatic N) is 4. The second kappa shape index (κ2) is 5.79. The summed E-state index contributed by atoms with van der Waals surface area (Å²) in [5, 5.41) is 3.53. The van der Waals surface area contributed by atoms with Crippen molar-refractivity contribution in [3.05, 3.63) is 10.4 Å². The second-order valence-corrected chi connectivity index (χ2v) is 5.20. The van der Waals surface area contributed by atoms with Gasteiger partial charge >= 0.3 is 12.1 Å². The van der Waals surface area contributed by atoms with Gasteiger partial charge in [0.2, 0.25) is 0 Å². The van der Waals surface area contributed by atoms with E-state index in [0.29, 0.717) is 13.0 Å². The van der Waals surface area contributed by atoms with Gasteiger partial charge in [-0.25, -0.2) is 9.59 Å². The molecule has 0 aromatic rings. The monoisotopic (exact) mass is 270 g/mol. The minimum Gasteiger partial charge on any atom is -0.467 e. The Bertz CT molecular complexity index is 411. The lowest BCUT2D eigenvalue weighted by Crippen LogP contribution is -2.47. The van der Waals surface area contributed by atoms with Crippen molar-refractivity contribution in [1.29, 1.82) is 0 Å². The zero-order valence-corrected chi connectivity index (χ0v) is 11.5. The third-order valence-electron chi connectivity index (χ3n) is 2.64. The number of hydrogen-bond acceptors (Lipinski definition) is 5. The molecular weight excluding hydrogens is 252 g/mol. The number of carbonyl (C=O) groups excluding carboxylic acids is 2. The molecule has 0 aromatic carbocycles. The minimum atomic E-state index is -0.921. The van der Waals surface area contributed by atoms with E-state index in [0.717, 1.165) is 0 Å². The molecule has 8 heteroatoms. The van der Waals surface area contributed by atoms with E-state index in [1.807, 2.05) is 0 Å². The maximum Gasteiger partial charge on any atom is 0.411 e. The molecule has 1 amide bonds. The highest BCUT2D eigenvalue weighted by atomic mass is 16.6. The number of methoxy groups -OCH3 is 1. The van der Waals surface area contributed by atoms with Gasteiger partial charge in [-0.2, -0.15) is 0 Å². The summed E-state index contributed by atoms with van der Waals surface area (Å²) in [6.45, 7) is 5.50. The molecule has 1 fully saturated rings. The van der Waals surface area contributed by atoms with Gasteiger partial charge in [0.05, 0.1) is 13.2 Å². The molecule has 106 valence electrons. The average molecular weight is 270 g/mol. The Kier molecular flexibility index (Phi) is 4.61. The fraction of sp³-hybridized carbons (Fsp3) is 0.818. The zero-order chi connectivity index (χ0) is 14.6. The van der Waals surface area contributed by atoms with Crippen molar-refractivity contribution >= 4 is 12.1 Å². The van der Waals surface area contributed by atoms with E-state index < -0.39 is 29.7 Å². The Balaban J connectivity index is 2.90. The van der Waals surface area contributed by atoms with Crippen LogP contribution in [0.4, 0.5) is 4.79 Å². The van der Waals surface area contributed by atoms with Gasteiger partial charge in [-0.05, 0) is 32.7 Å². The van der Waals surface area contributed by atoms with Crippen LogP contribution in [0.3, 0.4) is 0 Å². The highest BCUT2D eigenvalue weighted by Gasteiger charge is 2.43. The third kappa shape index (κ3) is 3.75. The number of ether oxygens (including phenoxy) is 2. The van der Waals surface area contributed by atoms with Gasteiger partial charge in [-0.3, -0.25) is 4.90 Å². The van der Waals surface area contributed by atoms with Crippen molar-refractivity contribution in [2.45, 2.75) is 44.9 Å². The van der Waals surface area contributed by atoms with Gasteiger partial charge in [-0.1, -0.05) is 5.11 Å². The predicted molar refractivity (Wildman–Crippen MR) is 66.3 cm³/mol. The van der Waals surface area contributed by atoms with Crippen molar-refractivity contribution in [2.75, 3.05) is 13.7 Å². The Morgan fingerprint density at radius 1 is 1.42 bits per heavy atom. The SMILES string of the molecule is COC(=O)[C@@H]1[C@H](N=[N+]=[N-])CCN1C(=O)OC(C)(C)C. The van der Waals surface area contributed by atoms with Crippen LogP contribution < -0.4 is 0 Å². The molecule has 0 saturated carbocycles. The molecule has 19 heavy (non-hydrogen) atoms. The van der Waals surface area contributed by atoms with E-state index in [2.05, 4.69) is 14.8 Å². The third-order valence-corrected chi connectivity index (χ3v) is 2.64. The number of esters is 1. The molecule has 8 nitrogen and oxygen atoms in total. The van der Waals surface area contributed by atoms with Crippen molar-refractivity contribution < 1.29 is 19.1 Å². The van der Waals surface area contributed by atoms with E-state index in [1.165, 1.54) is 12.0 Å². The summed E-state index contributed by atoms with van der Waals surface area (Å²) in [4.78, 5) is 27.7. The van der Waals surface area contributed by atoms with E-state index in [1.54, 1.807) is 20.8 Å². The molecule has 1 saturated heterocycles. The quantitative estimate of drug-likeness (QED) is 0.330. The van der Waals surface area contributed by atoms with Crippen molar-refractivity contribution in [2.24, 2.45) is 5.11 Å². The molecule has 1 rings (SSSR count). The predicted octanol–water partition coefficient (Wildman–Crippen LogP) is 1.85. The summed E-state index contributed by atoms with van der Waals surface area (Å²) >= 11 is 0. The number of amides is 1. The van der Waals surface area contributed by atoms with E-state index in [9.17, 15) is 9.59 Å². The van der Waals surface area contributed by atoms with Crippen molar-refractivity contribution in [1.82, 2.24) is 4.90 Å². The van der Waals surface area contributed by atoms with Gasteiger partial charge in [0, 0.05) is 11.5 Å². The molecular formula is C11H18N4O4. The van der Waals surface area contributed by atoms with E-state index in [-0.39, 0.29) is 0 Å². The van der Waals surface area contributed by atoms with Crippen LogP contribution >= 0.6 is 0 Å². The van der Waals surface area contributed by atoms with Crippen LogP contribution in [0.25, 0.3) is 10.4 Å². The first-order valence-corrected chi connectivity index (χ1v) is 5.92. The molecule has 0 spiro atoms. The number of likely N-dealkylation sites (tertiary alicyclic amines) is 1. The van der Waals surface area contributed by atoms with Crippen LogP contribution in [0, 0.1) is 0 Å². The molecule has 0 bridgehead atoms. The minimum absolute atomic E-state index is 0.290. The topological polar surface area (TPSA) is 105 Å².